The van der Waals surface area contributed by atoms with Crippen LogP contribution in [0.4, 0.5) is 0 Å². The number of hydrogen-bond donors (Lipinski definition) is 2. The van der Waals surface area contributed by atoms with Crippen molar-refractivity contribution in [3.05, 3.63) is 29.8 Å². The molecule has 0 spiro atoms. The molecule has 1 aliphatic carbocycles. The monoisotopic (exact) mass is 374 g/mol. The van der Waals surface area contributed by atoms with Crippen LogP contribution in [0.1, 0.15) is 37.7 Å². The van der Waals surface area contributed by atoms with E-state index in [4.69, 9.17) is 4.74 Å². The Morgan fingerprint density at radius 1 is 1.19 bits per heavy atom. The largest absolute Gasteiger partial charge is 0.496 e. The third-order valence-electron chi connectivity index (χ3n) is 5.03. The fourth-order valence-electron chi connectivity index (χ4n) is 3.32. The number of hydrogen-bond acceptors (Lipinski definition) is 3. The van der Waals surface area contributed by atoms with E-state index in [0.717, 1.165) is 30.8 Å². The molecule has 0 saturated heterocycles. The van der Waals surface area contributed by atoms with Gasteiger partial charge in [-0.15, -0.1) is 0 Å². The number of nitrogens with one attached hydrogen (secondary N) is 2. The van der Waals surface area contributed by atoms with Gasteiger partial charge in [-0.2, -0.15) is 0 Å². The van der Waals surface area contributed by atoms with Gasteiger partial charge in [-0.25, -0.2) is 4.99 Å². The molecule has 6 heteroatoms. The Kier molecular flexibility index (Phi) is 8.95. The van der Waals surface area contributed by atoms with Crippen LogP contribution in [0.25, 0.3) is 0 Å². The maximum atomic E-state index is 11.9. The Labute approximate surface area is 163 Å². The molecule has 0 heterocycles. The summed E-state index contributed by atoms with van der Waals surface area (Å²) in [7, 11) is 5.20. The first-order chi connectivity index (χ1) is 13.1. The molecule has 27 heavy (non-hydrogen) atoms. The molecule has 0 atom stereocenters. The van der Waals surface area contributed by atoms with E-state index < -0.39 is 0 Å². The third kappa shape index (κ3) is 7.49. The van der Waals surface area contributed by atoms with Gasteiger partial charge in [0.25, 0.3) is 0 Å². The zero-order valence-electron chi connectivity index (χ0n) is 17.0. The van der Waals surface area contributed by atoms with Crippen LogP contribution in [0.3, 0.4) is 0 Å². The first-order valence-corrected chi connectivity index (χ1v) is 9.94. The van der Waals surface area contributed by atoms with Crippen molar-refractivity contribution in [2.24, 2.45) is 10.9 Å². The van der Waals surface area contributed by atoms with Crippen molar-refractivity contribution >= 4 is 11.9 Å². The van der Waals surface area contributed by atoms with E-state index in [1.54, 1.807) is 26.1 Å². The number of carbonyl (C=O) groups is 1. The minimum absolute atomic E-state index is 0.00139. The standard InChI is InChI=1S/C21H34N4O2/c1-25(2)20(26)16-24-21(23-15-17-9-5-4-6-10-17)22-14-13-18-11-7-8-12-19(18)27-3/h7-8,11-12,17H,4-6,9-10,13-16H2,1-3H3,(H2,22,23,24). The number of amides is 1. The summed E-state index contributed by atoms with van der Waals surface area (Å²) in [6, 6.07) is 8.04. The highest BCUT2D eigenvalue weighted by Gasteiger charge is 2.14. The first kappa shape index (κ1) is 21.1. The Bertz CT molecular complexity index is 610. The highest BCUT2D eigenvalue weighted by Crippen LogP contribution is 2.22. The van der Waals surface area contributed by atoms with Crippen LogP contribution in [-0.4, -0.2) is 57.6 Å². The van der Waals surface area contributed by atoms with Gasteiger partial charge >= 0.3 is 0 Å². The lowest BCUT2D eigenvalue weighted by Crippen LogP contribution is -2.41. The van der Waals surface area contributed by atoms with E-state index in [0.29, 0.717) is 11.9 Å². The van der Waals surface area contributed by atoms with Gasteiger partial charge in [-0.05, 0) is 36.8 Å². The normalized spacial score (nSPS) is 15.3. The summed E-state index contributed by atoms with van der Waals surface area (Å²) in [6.45, 7) is 1.80. The lowest BCUT2D eigenvalue weighted by atomic mass is 9.89. The van der Waals surface area contributed by atoms with E-state index in [1.165, 1.54) is 32.1 Å². The minimum Gasteiger partial charge on any atom is -0.496 e. The van der Waals surface area contributed by atoms with E-state index >= 15 is 0 Å². The van der Waals surface area contributed by atoms with Crippen molar-refractivity contribution in [3.63, 3.8) is 0 Å². The average Bonchev–Trinajstić information content (AvgIpc) is 2.70. The van der Waals surface area contributed by atoms with Crippen molar-refractivity contribution in [2.75, 3.05) is 40.8 Å². The van der Waals surface area contributed by atoms with Gasteiger partial charge in [0.1, 0.15) is 12.3 Å². The zero-order chi connectivity index (χ0) is 19.5. The van der Waals surface area contributed by atoms with Crippen LogP contribution in [0, 0.1) is 5.92 Å². The quantitative estimate of drug-likeness (QED) is 0.542. The molecule has 0 radical (unpaired) electrons. The number of benzene rings is 1. The molecule has 0 aromatic heterocycles. The molecule has 0 unspecified atom stereocenters. The molecule has 2 N–H and O–H groups in total. The summed E-state index contributed by atoms with van der Waals surface area (Å²) in [4.78, 5) is 17.9. The molecule has 150 valence electrons. The number of ether oxygens (including phenoxy) is 1. The minimum atomic E-state index is -0.00139. The van der Waals surface area contributed by atoms with Gasteiger partial charge in [0.2, 0.25) is 5.91 Å². The summed E-state index contributed by atoms with van der Waals surface area (Å²) in [5.74, 6) is 2.31. The molecule has 0 aliphatic heterocycles. The molecule has 1 aliphatic rings. The van der Waals surface area contributed by atoms with Gasteiger partial charge < -0.3 is 20.3 Å². The number of guanidine groups is 1. The highest BCUT2D eigenvalue weighted by atomic mass is 16.5. The number of likely N-dealkylation sites (N-methyl/N-ethyl adjacent to an activating group) is 1. The average molecular weight is 375 g/mol. The molecular weight excluding hydrogens is 340 g/mol. The van der Waals surface area contributed by atoms with Crippen LogP contribution in [-0.2, 0) is 11.2 Å². The molecular formula is C21H34N4O2. The van der Waals surface area contributed by atoms with Gasteiger partial charge in [0.15, 0.2) is 5.96 Å². The van der Waals surface area contributed by atoms with E-state index in [-0.39, 0.29) is 12.5 Å². The number of nitrogens with zero attached hydrogens (tertiary/aromatic N) is 2. The third-order valence-corrected chi connectivity index (χ3v) is 5.03. The highest BCUT2D eigenvalue weighted by molar-refractivity contribution is 5.84. The number of carbonyl (C=O) groups excluding carboxylic acids is 1. The summed E-state index contributed by atoms with van der Waals surface area (Å²) < 4.78 is 5.41. The Morgan fingerprint density at radius 3 is 2.63 bits per heavy atom. The smallest absolute Gasteiger partial charge is 0.243 e. The van der Waals surface area contributed by atoms with Crippen LogP contribution in [0.15, 0.2) is 29.3 Å². The van der Waals surface area contributed by atoms with Crippen LogP contribution < -0.4 is 15.4 Å². The molecule has 1 aromatic rings. The summed E-state index contributed by atoms with van der Waals surface area (Å²) in [5.41, 5.74) is 1.16. The summed E-state index contributed by atoms with van der Waals surface area (Å²) in [5, 5.41) is 6.80. The second-order valence-corrected chi connectivity index (χ2v) is 7.33. The number of para-hydroxylation sites is 1. The second kappa shape index (κ2) is 11.5. The van der Waals surface area contributed by atoms with Crippen molar-refractivity contribution < 1.29 is 9.53 Å². The number of rotatable bonds is 8. The second-order valence-electron chi connectivity index (χ2n) is 7.33. The molecule has 1 amide bonds. The van der Waals surface area contributed by atoms with Gasteiger partial charge in [0, 0.05) is 27.2 Å². The lowest BCUT2D eigenvalue weighted by Gasteiger charge is -2.23. The molecule has 0 bridgehead atoms. The predicted octanol–water partition coefficient (Wildman–Crippen LogP) is 2.44. The van der Waals surface area contributed by atoms with Gasteiger partial charge in [-0.3, -0.25) is 4.79 Å². The van der Waals surface area contributed by atoms with Crippen LogP contribution in [0.2, 0.25) is 0 Å². The van der Waals surface area contributed by atoms with Gasteiger partial charge in [0.05, 0.1) is 7.11 Å². The number of methoxy groups -OCH3 is 1. The van der Waals surface area contributed by atoms with Crippen molar-refractivity contribution in [1.29, 1.82) is 0 Å². The Hall–Kier alpha value is -2.24. The predicted molar refractivity (Wildman–Crippen MR) is 110 cm³/mol. The topological polar surface area (TPSA) is 66.0 Å². The van der Waals surface area contributed by atoms with Crippen molar-refractivity contribution in [1.82, 2.24) is 15.5 Å². The summed E-state index contributed by atoms with van der Waals surface area (Å²) >= 11 is 0. The zero-order valence-corrected chi connectivity index (χ0v) is 17.0. The Balaban J connectivity index is 1.89. The SMILES string of the molecule is COc1ccccc1CCNC(=NCC(=O)N(C)C)NCC1CCCCC1. The molecule has 6 nitrogen and oxygen atoms in total. The molecule has 1 aromatic carbocycles. The van der Waals surface area contributed by atoms with E-state index in [1.807, 2.05) is 18.2 Å². The summed E-state index contributed by atoms with van der Waals surface area (Å²) in [6.07, 6.45) is 7.37. The van der Waals surface area contributed by atoms with E-state index in [2.05, 4.69) is 21.7 Å². The maximum Gasteiger partial charge on any atom is 0.243 e. The lowest BCUT2D eigenvalue weighted by molar-refractivity contribution is -0.127. The van der Waals surface area contributed by atoms with Crippen molar-refractivity contribution in [3.8, 4) is 5.75 Å². The number of aliphatic imine (C=N–C) groups is 1. The first-order valence-electron chi connectivity index (χ1n) is 9.94. The van der Waals surface area contributed by atoms with Crippen molar-refractivity contribution in [2.45, 2.75) is 38.5 Å². The van der Waals surface area contributed by atoms with Crippen LogP contribution in [0.5, 0.6) is 5.75 Å². The fourth-order valence-corrected chi connectivity index (χ4v) is 3.32. The van der Waals surface area contributed by atoms with Gasteiger partial charge in [-0.1, -0.05) is 37.5 Å². The molecule has 2 rings (SSSR count). The molecule has 1 saturated carbocycles. The maximum absolute atomic E-state index is 11.9. The fraction of sp³-hybridized carbons (Fsp3) is 0.619. The Morgan fingerprint density at radius 2 is 1.93 bits per heavy atom. The van der Waals surface area contributed by atoms with Crippen LogP contribution >= 0.6 is 0 Å². The van der Waals surface area contributed by atoms with E-state index in [9.17, 15) is 4.79 Å². The molecule has 1 fully saturated rings.